The molecule has 0 heterocycles. The molecule has 1 aliphatic rings. The maximum Gasteiger partial charge on any atom is 4.00 e. The van der Waals surface area contributed by atoms with E-state index in [0.717, 1.165) is 0 Å². The van der Waals surface area contributed by atoms with Crippen LogP contribution in [0.3, 0.4) is 0 Å². The molecule has 0 radical (unpaired) electrons. The molecule has 3 aromatic rings. The fraction of sp³-hybridized carbons (Fsp3) is 0.150. The van der Waals surface area contributed by atoms with Gasteiger partial charge >= 0.3 is 26.2 Å². The summed E-state index contributed by atoms with van der Waals surface area (Å²) in [7, 11) is 0. The molecule has 0 spiro atoms. The molecule has 1 atom stereocenters. The molecule has 4 rings (SSSR count). The molecule has 0 bridgehead atoms. The molecule has 0 aliphatic heterocycles. The Morgan fingerprint density at radius 3 is 1.70 bits per heavy atom. The summed E-state index contributed by atoms with van der Waals surface area (Å²) in [4.78, 5) is 0. The predicted molar refractivity (Wildman–Crippen MR) is 87.8 cm³/mol. The Hall–Kier alpha value is -0.747. The minimum atomic E-state index is 0. The fourth-order valence-corrected chi connectivity index (χ4v) is 2.66. The Labute approximate surface area is 170 Å². The van der Waals surface area contributed by atoms with Gasteiger partial charge in [-0.15, -0.1) is 46.7 Å². The SMILES string of the molecule is CC1=CC(C)[C-]=C1.[Cl-].[Cl-].[Zr+4].c1ccc2c(c1)[cH-]c1ccccc12. The molecule has 0 nitrogen and oxygen atoms in total. The van der Waals surface area contributed by atoms with Crippen LogP contribution in [0.2, 0.25) is 0 Å². The van der Waals surface area contributed by atoms with Crippen LogP contribution in [0.5, 0.6) is 0 Å². The molecule has 1 aliphatic carbocycles. The molecule has 0 N–H and O–H groups in total. The van der Waals surface area contributed by atoms with Crippen LogP contribution >= 0.6 is 0 Å². The quantitative estimate of drug-likeness (QED) is 0.437. The summed E-state index contributed by atoms with van der Waals surface area (Å²) in [6.07, 6.45) is 7.38. The maximum atomic E-state index is 3.15. The molecule has 0 fully saturated rings. The van der Waals surface area contributed by atoms with Gasteiger partial charge in [0.25, 0.3) is 0 Å². The van der Waals surface area contributed by atoms with Crippen LogP contribution in [0.15, 0.2) is 72.3 Å². The van der Waals surface area contributed by atoms with Crippen LogP contribution in [0, 0.1) is 12.0 Å². The van der Waals surface area contributed by atoms with E-state index < -0.39 is 0 Å². The minimum absolute atomic E-state index is 0. The van der Waals surface area contributed by atoms with E-state index in [1.165, 1.54) is 27.1 Å². The second-order valence-corrected chi connectivity index (χ2v) is 5.33. The van der Waals surface area contributed by atoms with Crippen LogP contribution in [0.1, 0.15) is 13.8 Å². The van der Waals surface area contributed by atoms with Crippen molar-refractivity contribution in [3.63, 3.8) is 0 Å². The van der Waals surface area contributed by atoms with Gasteiger partial charge in [-0.2, -0.15) is 6.08 Å². The summed E-state index contributed by atoms with van der Waals surface area (Å²) in [5.41, 5.74) is 1.34. The molecule has 23 heavy (non-hydrogen) atoms. The van der Waals surface area contributed by atoms with Gasteiger partial charge in [-0.05, 0) is 0 Å². The summed E-state index contributed by atoms with van der Waals surface area (Å²) >= 11 is 0. The van der Waals surface area contributed by atoms with Crippen LogP contribution in [0.4, 0.5) is 0 Å². The molecular weight excluding hydrogens is 402 g/mol. The van der Waals surface area contributed by atoms with Crippen LogP contribution < -0.4 is 24.8 Å². The van der Waals surface area contributed by atoms with E-state index in [2.05, 4.69) is 80.6 Å². The number of rotatable bonds is 0. The standard InChI is InChI=1S/C13H9.C7H9.2ClH.Zr/c1-3-7-12-10(5-1)9-11-6-2-4-8-13(11)12;1-6-3-4-7(2)5-6;;;/h1-9H;3,5,7H,1-2H3;2*1H;/q2*-1;;;+4/p-2. The third kappa shape index (κ3) is 5.38. The smallest absolute Gasteiger partial charge is 1.00 e. The van der Waals surface area contributed by atoms with Crippen molar-refractivity contribution in [3.05, 3.63) is 78.4 Å². The summed E-state index contributed by atoms with van der Waals surface area (Å²) in [5, 5.41) is 5.39. The fourth-order valence-electron chi connectivity index (χ4n) is 2.66. The number of fused-ring (bicyclic) bond motifs is 3. The van der Waals surface area contributed by atoms with E-state index in [0.29, 0.717) is 5.92 Å². The van der Waals surface area contributed by atoms with E-state index >= 15 is 0 Å². The van der Waals surface area contributed by atoms with Crippen molar-refractivity contribution in [2.75, 3.05) is 0 Å². The number of hydrogen-bond acceptors (Lipinski definition) is 0. The van der Waals surface area contributed by atoms with Gasteiger partial charge in [0.1, 0.15) is 0 Å². The van der Waals surface area contributed by atoms with Crippen molar-refractivity contribution in [1.29, 1.82) is 0 Å². The van der Waals surface area contributed by atoms with Gasteiger partial charge in [-0.25, -0.2) is 11.6 Å². The molecule has 0 saturated carbocycles. The Bertz CT molecular complexity index is 749. The molecule has 0 amide bonds. The third-order valence-corrected chi connectivity index (χ3v) is 3.61. The number of benzene rings is 2. The topological polar surface area (TPSA) is 0 Å². The molecule has 116 valence electrons. The van der Waals surface area contributed by atoms with Gasteiger partial charge in [-0.3, -0.25) is 6.08 Å². The van der Waals surface area contributed by atoms with Crippen molar-refractivity contribution >= 4 is 21.5 Å². The van der Waals surface area contributed by atoms with E-state index in [1.54, 1.807) is 0 Å². The van der Waals surface area contributed by atoms with E-state index in [9.17, 15) is 0 Å². The largest absolute Gasteiger partial charge is 4.00 e. The zero-order chi connectivity index (χ0) is 13.9. The summed E-state index contributed by atoms with van der Waals surface area (Å²) in [6, 6.07) is 19.3. The van der Waals surface area contributed by atoms with E-state index in [1.807, 2.05) is 6.08 Å². The predicted octanol–water partition coefficient (Wildman–Crippen LogP) is -0.341. The normalized spacial score (nSPS) is 14.9. The monoisotopic (exact) mass is 418 g/mol. The Balaban J connectivity index is 0.000000426. The molecule has 1 unspecified atom stereocenters. The van der Waals surface area contributed by atoms with Gasteiger partial charge in [-0.1, -0.05) is 49.2 Å². The van der Waals surface area contributed by atoms with Crippen LogP contribution in [0.25, 0.3) is 21.5 Å². The van der Waals surface area contributed by atoms with Crippen molar-refractivity contribution in [1.82, 2.24) is 0 Å². The van der Waals surface area contributed by atoms with Gasteiger partial charge in [0.05, 0.1) is 0 Å². The van der Waals surface area contributed by atoms with Gasteiger partial charge < -0.3 is 24.8 Å². The Morgan fingerprint density at radius 1 is 0.870 bits per heavy atom. The maximum absolute atomic E-state index is 3.15. The zero-order valence-corrected chi connectivity index (χ0v) is 17.2. The van der Waals surface area contributed by atoms with Crippen molar-refractivity contribution in [2.45, 2.75) is 13.8 Å². The van der Waals surface area contributed by atoms with Gasteiger partial charge in [0.15, 0.2) is 0 Å². The van der Waals surface area contributed by atoms with Crippen molar-refractivity contribution < 1.29 is 51.0 Å². The molecule has 0 aromatic heterocycles. The van der Waals surface area contributed by atoms with Crippen LogP contribution in [-0.4, -0.2) is 0 Å². The molecule has 3 heteroatoms. The molecule has 0 saturated heterocycles. The Kier molecular flexibility index (Phi) is 9.86. The Morgan fingerprint density at radius 2 is 1.35 bits per heavy atom. The van der Waals surface area contributed by atoms with E-state index in [4.69, 9.17) is 0 Å². The average Bonchev–Trinajstić information content (AvgIpc) is 3.02. The zero-order valence-electron chi connectivity index (χ0n) is 13.2. The number of hydrogen-bond donors (Lipinski definition) is 0. The minimum Gasteiger partial charge on any atom is -1.00 e. The van der Waals surface area contributed by atoms with Crippen molar-refractivity contribution in [2.24, 2.45) is 5.92 Å². The van der Waals surface area contributed by atoms with Crippen LogP contribution in [-0.2, 0) is 26.2 Å². The van der Waals surface area contributed by atoms with E-state index in [-0.39, 0.29) is 51.0 Å². The first-order chi connectivity index (χ1) is 9.74. The molecule has 3 aromatic carbocycles. The van der Waals surface area contributed by atoms with Gasteiger partial charge in [0.2, 0.25) is 0 Å². The van der Waals surface area contributed by atoms with Crippen molar-refractivity contribution in [3.8, 4) is 0 Å². The second kappa shape index (κ2) is 10.2. The second-order valence-electron chi connectivity index (χ2n) is 5.33. The molecular formula is C20H18Cl2Zr. The first-order valence-corrected chi connectivity index (χ1v) is 7.05. The summed E-state index contributed by atoms with van der Waals surface area (Å²) < 4.78 is 0. The number of halogens is 2. The third-order valence-electron chi connectivity index (χ3n) is 3.61. The number of allylic oxidation sites excluding steroid dienone is 4. The first-order valence-electron chi connectivity index (χ1n) is 7.05. The summed E-state index contributed by atoms with van der Waals surface area (Å²) in [6.45, 7) is 4.23. The average molecular weight is 420 g/mol. The summed E-state index contributed by atoms with van der Waals surface area (Å²) in [5.74, 6) is 0.556. The first kappa shape index (κ1) is 22.3. The van der Waals surface area contributed by atoms with Gasteiger partial charge in [0, 0.05) is 0 Å².